The van der Waals surface area contributed by atoms with Gasteiger partial charge in [0.05, 0.1) is 0 Å². The van der Waals surface area contributed by atoms with Gasteiger partial charge in [-0.2, -0.15) is 4.72 Å². The third kappa shape index (κ3) is 4.11. The maximum absolute atomic E-state index is 12.4. The Balaban J connectivity index is 3.19. The Morgan fingerprint density at radius 1 is 1.39 bits per heavy atom. The van der Waals surface area contributed by atoms with Crippen molar-refractivity contribution in [2.75, 3.05) is 14.1 Å². The molecule has 0 aliphatic rings. The molecule has 8 nitrogen and oxygen atoms in total. The van der Waals surface area contributed by atoms with E-state index in [0.717, 1.165) is 6.26 Å². The van der Waals surface area contributed by atoms with E-state index in [0.29, 0.717) is 6.42 Å². The first-order chi connectivity index (χ1) is 10.5. The van der Waals surface area contributed by atoms with Crippen LogP contribution in [0.2, 0.25) is 0 Å². The van der Waals surface area contributed by atoms with E-state index in [1.165, 1.54) is 25.9 Å². The second kappa shape index (κ2) is 7.14. The summed E-state index contributed by atoms with van der Waals surface area (Å²) in [6.45, 7) is 4.85. The summed E-state index contributed by atoms with van der Waals surface area (Å²) in [6.07, 6.45) is 1.44. The fourth-order valence-electron chi connectivity index (χ4n) is 1.96. The first-order valence-corrected chi connectivity index (χ1v) is 8.56. The van der Waals surface area contributed by atoms with Crippen molar-refractivity contribution in [3.63, 3.8) is 0 Å². The van der Waals surface area contributed by atoms with Crippen LogP contribution in [0.25, 0.3) is 0 Å². The summed E-state index contributed by atoms with van der Waals surface area (Å²) < 4.78 is 32.1. The molecule has 0 radical (unpaired) electrons. The standard InChI is InChI=1S/C14H22N2O6S/c1-6-8(2)11(14(18)19)15-23(20,21)10-7-22-12(9(10)3)13(17)16(4)5/h7-8,11,15H,6H2,1-5H3,(H,18,19)/t8-,11-/m0/s1. The van der Waals surface area contributed by atoms with E-state index in [9.17, 15) is 23.1 Å². The van der Waals surface area contributed by atoms with Crippen LogP contribution in [0.3, 0.4) is 0 Å². The van der Waals surface area contributed by atoms with E-state index in [2.05, 4.69) is 4.72 Å². The van der Waals surface area contributed by atoms with Crippen molar-refractivity contribution in [1.29, 1.82) is 0 Å². The number of nitrogens with one attached hydrogen (secondary N) is 1. The summed E-state index contributed by atoms with van der Waals surface area (Å²) >= 11 is 0. The van der Waals surface area contributed by atoms with E-state index < -0.39 is 33.9 Å². The molecule has 9 heteroatoms. The highest BCUT2D eigenvalue weighted by Crippen LogP contribution is 2.23. The van der Waals surface area contributed by atoms with Gasteiger partial charge in [-0.15, -0.1) is 0 Å². The number of carbonyl (C=O) groups is 2. The summed E-state index contributed by atoms with van der Waals surface area (Å²) in [5.41, 5.74) is 0.143. The van der Waals surface area contributed by atoms with Gasteiger partial charge in [0.15, 0.2) is 5.76 Å². The van der Waals surface area contributed by atoms with E-state index in [-0.39, 0.29) is 16.2 Å². The van der Waals surface area contributed by atoms with Crippen molar-refractivity contribution < 1.29 is 27.5 Å². The molecule has 1 aromatic heterocycles. The van der Waals surface area contributed by atoms with Crippen LogP contribution < -0.4 is 4.72 Å². The molecule has 2 atom stereocenters. The van der Waals surface area contributed by atoms with Crippen LogP contribution >= 0.6 is 0 Å². The van der Waals surface area contributed by atoms with Gasteiger partial charge >= 0.3 is 5.97 Å². The zero-order valence-corrected chi connectivity index (χ0v) is 14.6. The van der Waals surface area contributed by atoms with Gasteiger partial charge in [-0.25, -0.2) is 8.42 Å². The number of carbonyl (C=O) groups excluding carboxylic acids is 1. The number of sulfonamides is 1. The van der Waals surface area contributed by atoms with Gasteiger partial charge in [0.25, 0.3) is 5.91 Å². The summed E-state index contributed by atoms with van der Waals surface area (Å²) in [4.78, 5) is 24.2. The van der Waals surface area contributed by atoms with Gasteiger partial charge in [-0.3, -0.25) is 9.59 Å². The highest BCUT2D eigenvalue weighted by Gasteiger charge is 2.32. The molecule has 1 rings (SSSR count). The summed E-state index contributed by atoms with van der Waals surface area (Å²) in [6, 6.07) is -1.26. The summed E-state index contributed by atoms with van der Waals surface area (Å²) in [5, 5.41) is 9.21. The first kappa shape index (κ1) is 19.2. The molecule has 0 fully saturated rings. The molecule has 1 amide bonds. The van der Waals surface area contributed by atoms with Crippen LogP contribution in [-0.2, 0) is 14.8 Å². The molecule has 1 heterocycles. The van der Waals surface area contributed by atoms with E-state index in [4.69, 9.17) is 4.42 Å². The topological polar surface area (TPSA) is 117 Å². The summed E-state index contributed by atoms with van der Waals surface area (Å²) in [5.74, 6) is -2.21. The number of amides is 1. The molecule has 130 valence electrons. The molecule has 0 saturated carbocycles. The Morgan fingerprint density at radius 2 is 1.96 bits per heavy atom. The Labute approximate surface area is 135 Å². The lowest BCUT2D eigenvalue weighted by molar-refractivity contribution is -0.140. The van der Waals surface area contributed by atoms with Crippen molar-refractivity contribution in [1.82, 2.24) is 9.62 Å². The second-order valence-electron chi connectivity index (χ2n) is 5.58. The normalized spacial score (nSPS) is 14.3. The minimum Gasteiger partial charge on any atom is -0.480 e. The number of nitrogens with zero attached hydrogens (tertiary/aromatic N) is 1. The fraction of sp³-hybridized carbons (Fsp3) is 0.571. The Kier molecular flexibility index (Phi) is 5.95. The zero-order chi connectivity index (χ0) is 17.9. The number of hydrogen-bond acceptors (Lipinski definition) is 5. The predicted molar refractivity (Wildman–Crippen MR) is 82.7 cm³/mol. The highest BCUT2D eigenvalue weighted by molar-refractivity contribution is 7.89. The Morgan fingerprint density at radius 3 is 2.39 bits per heavy atom. The lowest BCUT2D eigenvalue weighted by Gasteiger charge is -2.19. The van der Waals surface area contributed by atoms with E-state index in [1.807, 2.05) is 0 Å². The summed E-state index contributed by atoms with van der Waals surface area (Å²) in [7, 11) is -1.10. The van der Waals surface area contributed by atoms with Crippen molar-refractivity contribution in [3.05, 3.63) is 17.6 Å². The maximum Gasteiger partial charge on any atom is 0.322 e. The monoisotopic (exact) mass is 346 g/mol. The number of furan rings is 1. The van der Waals surface area contributed by atoms with Crippen LogP contribution in [-0.4, -0.2) is 50.4 Å². The molecule has 1 aromatic rings. The van der Waals surface area contributed by atoms with Gasteiger partial charge in [0.1, 0.15) is 17.2 Å². The molecule has 0 aliphatic carbocycles. The van der Waals surface area contributed by atoms with Crippen molar-refractivity contribution in [2.24, 2.45) is 5.92 Å². The van der Waals surface area contributed by atoms with Crippen LogP contribution in [0, 0.1) is 12.8 Å². The van der Waals surface area contributed by atoms with Crippen LogP contribution in [0.15, 0.2) is 15.6 Å². The number of aliphatic carboxylic acids is 1. The first-order valence-electron chi connectivity index (χ1n) is 7.07. The van der Waals surface area contributed by atoms with E-state index in [1.54, 1.807) is 13.8 Å². The zero-order valence-electron chi connectivity index (χ0n) is 13.8. The predicted octanol–water partition coefficient (Wildman–Crippen LogP) is 1.07. The van der Waals surface area contributed by atoms with Gasteiger partial charge in [0, 0.05) is 19.7 Å². The third-order valence-electron chi connectivity index (χ3n) is 3.65. The maximum atomic E-state index is 12.4. The van der Waals surface area contributed by atoms with Crippen LogP contribution in [0.1, 0.15) is 36.4 Å². The second-order valence-corrected chi connectivity index (χ2v) is 7.26. The van der Waals surface area contributed by atoms with Gasteiger partial charge in [-0.05, 0) is 12.8 Å². The molecular formula is C14H22N2O6S. The van der Waals surface area contributed by atoms with Crippen molar-refractivity contribution in [2.45, 2.75) is 38.1 Å². The smallest absolute Gasteiger partial charge is 0.322 e. The lowest BCUT2D eigenvalue weighted by atomic mass is 10.0. The minimum atomic E-state index is -4.12. The third-order valence-corrected chi connectivity index (χ3v) is 5.19. The van der Waals surface area contributed by atoms with Crippen molar-refractivity contribution in [3.8, 4) is 0 Å². The molecular weight excluding hydrogens is 324 g/mol. The van der Waals surface area contributed by atoms with E-state index >= 15 is 0 Å². The van der Waals surface area contributed by atoms with Crippen molar-refractivity contribution >= 4 is 21.9 Å². The average molecular weight is 346 g/mol. The number of hydrogen-bond donors (Lipinski definition) is 2. The molecule has 0 spiro atoms. The highest BCUT2D eigenvalue weighted by atomic mass is 32.2. The van der Waals surface area contributed by atoms with Crippen LogP contribution in [0.4, 0.5) is 0 Å². The molecule has 0 aromatic carbocycles. The Bertz CT molecular complexity index is 692. The quantitative estimate of drug-likeness (QED) is 0.762. The number of carboxylic acids is 1. The largest absolute Gasteiger partial charge is 0.480 e. The van der Waals surface area contributed by atoms with Gasteiger partial charge in [-0.1, -0.05) is 20.3 Å². The fourth-order valence-corrected chi connectivity index (χ4v) is 3.42. The molecule has 0 saturated heterocycles. The van der Waals surface area contributed by atoms with Crippen LogP contribution in [0.5, 0.6) is 0 Å². The number of rotatable bonds is 7. The minimum absolute atomic E-state index is 0.0919. The molecule has 0 aliphatic heterocycles. The number of carboxylic acid groups (broad SMARTS) is 1. The lowest BCUT2D eigenvalue weighted by Crippen LogP contribution is -2.44. The van der Waals surface area contributed by atoms with Gasteiger partial charge < -0.3 is 14.4 Å². The van der Waals surface area contributed by atoms with Gasteiger partial charge in [0.2, 0.25) is 10.0 Å². The molecule has 2 N–H and O–H groups in total. The SMILES string of the molecule is CC[C@H](C)[C@H](NS(=O)(=O)c1coc(C(=O)N(C)C)c1C)C(=O)O. The average Bonchev–Trinajstić information content (AvgIpc) is 2.85. The molecule has 23 heavy (non-hydrogen) atoms. The molecule has 0 unspecified atom stereocenters. The molecule has 0 bridgehead atoms. The Hall–Kier alpha value is -1.87.